The maximum absolute atomic E-state index is 10.4. The highest BCUT2D eigenvalue weighted by atomic mass is 16.6. The number of aliphatic hydroxyl groups is 1. The first kappa shape index (κ1) is 15.9. The molecule has 4 aliphatic rings. The zero-order valence-corrected chi connectivity index (χ0v) is 14.6. The van der Waals surface area contributed by atoms with E-state index < -0.39 is 6.29 Å². The second-order valence-corrected chi connectivity index (χ2v) is 8.50. The van der Waals surface area contributed by atoms with Crippen molar-refractivity contribution in [2.24, 2.45) is 23.7 Å². The molecule has 0 aromatic carbocycles. The summed E-state index contributed by atoms with van der Waals surface area (Å²) in [5.74, 6) is 2.13. The zero-order valence-electron chi connectivity index (χ0n) is 14.6. The van der Waals surface area contributed by atoms with E-state index in [9.17, 15) is 5.11 Å². The molecule has 3 heteroatoms. The minimum absolute atomic E-state index is 0.0721. The molecular formula is C20H30O3. The van der Waals surface area contributed by atoms with E-state index in [4.69, 9.17) is 9.47 Å². The lowest BCUT2D eigenvalue weighted by Gasteiger charge is -2.31. The number of fused-ring (bicyclic) bond motifs is 3. The predicted octanol–water partition coefficient (Wildman–Crippen LogP) is 3.83. The summed E-state index contributed by atoms with van der Waals surface area (Å²) < 4.78 is 11.3. The normalized spacial score (nSPS) is 45.2. The van der Waals surface area contributed by atoms with Crippen molar-refractivity contribution in [3.05, 3.63) is 23.3 Å². The summed E-state index contributed by atoms with van der Waals surface area (Å²) in [6.07, 6.45) is 10.6. The summed E-state index contributed by atoms with van der Waals surface area (Å²) in [5, 5.41) is 10.4. The standard InChI is InChI=1S/C20H30O3/c1-12(7-10-16-20(2,3)23-16)15-9-8-13-5-4-6-14-11-22-19(21)18(14)17(13)15/h6-7,13,15-19,21H,4-5,8-11H2,1-3H3/b12-7-/t13?,15-,16?,17-,18?,19-/m1/s1. The molecule has 3 fully saturated rings. The third kappa shape index (κ3) is 2.81. The molecule has 1 N–H and O–H groups in total. The van der Waals surface area contributed by atoms with Crippen LogP contribution in [-0.2, 0) is 9.47 Å². The number of ether oxygens (including phenoxy) is 2. The Morgan fingerprint density at radius 3 is 2.87 bits per heavy atom. The quantitative estimate of drug-likeness (QED) is 0.635. The minimum Gasteiger partial charge on any atom is -0.367 e. The maximum atomic E-state index is 10.4. The first-order chi connectivity index (χ1) is 11.0. The van der Waals surface area contributed by atoms with E-state index in [-0.39, 0.29) is 11.5 Å². The van der Waals surface area contributed by atoms with Gasteiger partial charge < -0.3 is 14.6 Å². The molecule has 2 heterocycles. The van der Waals surface area contributed by atoms with Gasteiger partial charge in [-0.25, -0.2) is 0 Å². The van der Waals surface area contributed by atoms with Crippen molar-refractivity contribution in [3.8, 4) is 0 Å². The van der Waals surface area contributed by atoms with Crippen molar-refractivity contribution in [1.82, 2.24) is 0 Å². The van der Waals surface area contributed by atoms with Gasteiger partial charge in [0.25, 0.3) is 0 Å². The summed E-state index contributed by atoms with van der Waals surface area (Å²) in [5.41, 5.74) is 2.93. The van der Waals surface area contributed by atoms with Gasteiger partial charge in [0.1, 0.15) is 0 Å². The summed E-state index contributed by atoms with van der Waals surface area (Å²) in [4.78, 5) is 0. The fourth-order valence-corrected chi connectivity index (χ4v) is 5.31. The van der Waals surface area contributed by atoms with Gasteiger partial charge in [-0.1, -0.05) is 17.7 Å². The van der Waals surface area contributed by atoms with E-state index >= 15 is 0 Å². The summed E-state index contributed by atoms with van der Waals surface area (Å²) in [7, 11) is 0. The van der Waals surface area contributed by atoms with Crippen LogP contribution in [0.4, 0.5) is 0 Å². The van der Waals surface area contributed by atoms with E-state index in [0.29, 0.717) is 24.5 Å². The molecule has 0 spiro atoms. The van der Waals surface area contributed by atoms with Crippen LogP contribution in [0.25, 0.3) is 0 Å². The van der Waals surface area contributed by atoms with E-state index in [1.165, 1.54) is 30.4 Å². The van der Waals surface area contributed by atoms with Gasteiger partial charge in [-0.2, -0.15) is 0 Å². The predicted molar refractivity (Wildman–Crippen MR) is 89.8 cm³/mol. The molecule has 23 heavy (non-hydrogen) atoms. The molecule has 4 rings (SSSR count). The van der Waals surface area contributed by atoms with E-state index in [0.717, 1.165) is 18.8 Å². The second kappa shape index (κ2) is 5.72. The molecule has 2 aliphatic carbocycles. The van der Waals surface area contributed by atoms with Gasteiger partial charge >= 0.3 is 0 Å². The fraction of sp³-hybridized carbons (Fsp3) is 0.800. The summed E-state index contributed by atoms with van der Waals surface area (Å²) >= 11 is 0. The van der Waals surface area contributed by atoms with Crippen LogP contribution < -0.4 is 0 Å². The van der Waals surface area contributed by atoms with Crippen LogP contribution >= 0.6 is 0 Å². The smallest absolute Gasteiger partial charge is 0.161 e. The number of hydrogen-bond acceptors (Lipinski definition) is 3. The summed E-state index contributed by atoms with van der Waals surface area (Å²) in [6.45, 7) is 7.26. The summed E-state index contributed by atoms with van der Waals surface area (Å²) in [6, 6.07) is 0. The van der Waals surface area contributed by atoms with Gasteiger partial charge in [-0.15, -0.1) is 0 Å². The largest absolute Gasteiger partial charge is 0.367 e. The van der Waals surface area contributed by atoms with E-state index in [2.05, 4.69) is 32.9 Å². The molecule has 0 aromatic rings. The first-order valence-corrected chi connectivity index (χ1v) is 9.30. The Kier molecular flexibility index (Phi) is 3.94. The Morgan fingerprint density at radius 2 is 2.13 bits per heavy atom. The molecule has 128 valence electrons. The van der Waals surface area contributed by atoms with Crippen molar-refractivity contribution < 1.29 is 14.6 Å². The Morgan fingerprint density at radius 1 is 1.35 bits per heavy atom. The topological polar surface area (TPSA) is 42.0 Å². The van der Waals surface area contributed by atoms with Crippen LogP contribution in [0.2, 0.25) is 0 Å². The van der Waals surface area contributed by atoms with Gasteiger partial charge in [-0.05, 0) is 76.2 Å². The van der Waals surface area contributed by atoms with Gasteiger partial charge in [0, 0.05) is 5.92 Å². The van der Waals surface area contributed by atoms with Gasteiger partial charge in [0.15, 0.2) is 6.29 Å². The monoisotopic (exact) mass is 318 g/mol. The first-order valence-electron chi connectivity index (χ1n) is 9.30. The third-order valence-corrected chi connectivity index (χ3v) is 6.78. The molecule has 0 aromatic heterocycles. The van der Waals surface area contributed by atoms with Crippen molar-refractivity contribution in [2.75, 3.05) is 6.61 Å². The SMILES string of the molecule is C/C(=C/CC1OC1(C)C)[C@H]1CCC2CCC=C3CO[C@@H](O)C3[C@H]21. The van der Waals surface area contributed by atoms with Crippen molar-refractivity contribution in [3.63, 3.8) is 0 Å². The highest BCUT2D eigenvalue weighted by molar-refractivity contribution is 5.21. The van der Waals surface area contributed by atoms with Gasteiger partial charge in [0.05, 0.1) is 18.3 Å². The Bertz CT molecular complexity index is 533. The number of rotatable bonds is 3. The average Bonchev–Trinajstić information content (AvgIpc) is 2.79. The van der Waals surface area contributed by atoms with Crippen LogP contribution in [-0.4, -0.2) is 29.7 Å². The van der Waals surface area contributed by atoms with Crippen molar-refractivity contribution in [2.45, 2.75) is 70.9 Å². The molecule has 0 bridgehead atoms. The number of hydrogen-bond donors (Lipinski definition) is 1. The van der Waals surface area contributed by atoms with Crippen LogP contribution in [0.15, 0.2) is 23.3 Å². The second-order valence-electron chi connectivity index (χ2n) is 8.50. The van der Waals surface area contributed by atoms with Gasteiger partial charge in [-0.3, -0.25) is 0 Å². The minimum atomic E-state index is -0.592. The number of allylic oxidation sites excluding steroid dienone is 2. The highest BCUT2D eigenvalue weighted by Gasteiger charge is 2.49. The van der Waals surface area contributed by atoms with Crippen LogP contribution in [0.5, 0.6) is 0 Å². The molecule has 3 unspecified atom stereocenters. The van der Waals surface area contributed by atoms with Crippen LogP contribution in [0.3, 0.4) is 0 Å². The molecule has 1 saturated carbocycles. The van der Waals surface area contributed by atoms with Crippen molar-refractivity contribution in [1.29, 1.82) is 0 Å². The lowest BCUT2D eigenvalue weighted by molar-refractivity contribution is -0.0981. The van der Waals surface area contributed by atoms with Crippen LogP contribution in [0.1, 0.15) is 52.9 Å². The molecule has 0 radical (unpaired) electrons. The van der Waals surface area contributed by atoms with E-state index in [1.54, 1.807) is 0 Å². The Balaban J connectivity index is 1.52. The molecule has 3 nitrogen and oxygen atoms in total. The number of epoxide rings is 1. The Labute approximate surface area is 139 Å². The van der Waals surface area contributed by atoms with E-state index in [1.807, 2.05) is 0 Å². The molecule has 2 aliphatic heterocycles. The fourth-order valence-electron chi connectivity index (χ4n) is 5.31. The number of aliphatic hydroxyl groups excluding tert-OH is 1. The van der Waals surface area contributed by atoms with Crippen LogP contribution in [0, 0.1) is 23.7 Å². The molecule has 2 saturated heterocycles. The highest BCUT2D eigenvalue weighted by Crippen LogP contribution is 2.53. The van der Waals surface area contributed by atoms with Gasteiger partial charge in [0.2, 0.25) is 0 Å². The Hall–Kier alpha value is -0.640. The average molecular weight is 318 g/mol. The third-order valence-electron chi connectivity index (χ3n) is 6.78. The maximum Gasteiger partial charge on any atom is 0.161 e. The lowest BCUT2D eigenvalue weighted by atomic mass is 9.74. The lowest BCUT2D eigenvalue weighted by Crippen LogP contribution is -2.31. The zero-order chi connectivity index (χ0) is 16.2. The molecule has 0 amide bonds. The molecular weight excluding hydrogens is 288 g/mol. The molecule has 6 atom stereocenters. The van der Waals surface area contributed by atoms with Crippen molar-refractivity contribution >= 4 is 0 Å².